The number of allylic oxidation sites excluding steroid dienone is 2. The smallest absolute Gasteiger partial charge is 0.220 e. The maximum absolute atomic E-state index is 13.3. The quantitative estimate of drug-likeness (QED) is 0.0221. The molecule has 0 radical (unpaired) electrons. The highest BCUT2D eigenvalue weighted by atomic mass is 16.8. The average Bonchev–Trinajstić information content (AvgIpc) is 3.52. The minimum Gasteiger partial charge on any atom is -0.394 e. The third kappa shape index (κ3) is 19.6. The second-order valence-electron chi connectivity index (χ2n) is 22.2. The van der Waals surface area contributed by atoms with E-state index in [-0.39, 0.29) is 6.42 Å². The molecule has 5 rings (SSSR count). The molecule has 5 heterocycles. The number of amides is 4. The Balaban J connectivity index is 1.23. The number of rotatable bonds is 32. The van der Waals surface area contributed by atoms with Crippen LogP contribution < -0.4 is 27.0 Å². The normalized spacial score (nSPS) is 39.2. The van der Waals surface area contributed by atoms with Crippen LogP contribution >= 0.6 is 0 Å². The predicted molar refractivity (Wildman–Crippen MR) is 289 cm³/mol. The highest BCUT2D eigenvalue weighted by molar-refractivity contribution is 5.76. The lowest BCUT2D eigenvalue weighted by molar-refractivity contribution is -0.366. The zero-order valence-electron chi connectivity index (χ0n) is 48.3. The summed E-state index contributed by atoms with van der Waals surface area (Å²) in [5.41, 5.74) is 6.47. The van der Waals surface area contributed by atoms with Crippen molar-refractivity contribution in [2.75, 3.05) is 33.0 Å². The molecule has 0 saturated carbocycles. The number of carbonyl (C=O) groups is 4. The molecule has 0 aromatic carbocycles. The van der Waals surface area contributed by atoms with Crippen molar-refractivity contribution >= 4 is 23.6 Å². The van der Waals surface area contributed by atoms with E-state index in [2.05, 4.69) is 40.3 Å². The molecule has 4 amide bonds. The van der Waals surface area contributed by atoms with Gasteiger partial charge in [-0.3, -0.25) is 19.2 Å². The Hall–Kier alpha value is -3.26. The maximum Gasteiger partial charge on any atom is 0.220 e. The van der Waals surface area contributed by atoms with Crippen LogP contribution in [0.2, 0.25) is 0 Å². The van der Waals surface area contributed by atoms with Gasteiger partial charge in [-0.1, -0.05) is 70.4 Å². The third-order valence-corrected chi connectivity index (χ3v) is 15.6. The molecule has 5 saturated heterocycles. The molecule has 30 heteroatoms. The van der Waals surface area contributed by atoms with Crippen LogP contribution in [0.3, 0.4) is 0 Å². The second-order valence-corrected chi connectivity index (χ2v) is 22.2. The molecule has 0 aromatic rings. The van der Waals surface area contributed by atoms with Crippen molar-refractivity contribution in [2.45, 2.75) is 271 Å². The molecule has 0 spiro atoms. The van der Waals surface area contributed by atoms with Crippen molar-refractivity contribution in [1.82, 2.24) is 21.3 Å². The van der Waals surface area contributed by atoms with Crippen LogP contribution in [0.5, 0.6) is 0 Å². The fourth-order valence-electron chi connectivity index (χ4n) is 11.1. The van der Waals surface area contributed by atoms with Crippen molar-refractivity contribution < 1.29 is 123 Å². The van der Waals surface area contributed by atoms with Gasteiger partial charge in [0, 0.05) is 27.2 Å². The Bertz CT molecular complexity index is 2000. The lowest BCUT2D eigenvalue weighted by atomic mass is 9.93. The molecule has 5 fully saturated rings. The SMILES string of the molecule is CCCCCC/C=C\CCCCCCCCCC(=O)NC1C(OC2C(CO)OC(OC3C(CO)OC(OC4C(CO)OC(OC5C(CO)OC(O)C(NC(C)=O)C5O)C(NC(C)=O)C4O)C(N)C3O)C(NC(C)=O)C2O)OC(CO)C(O)C1O. The molecule has 84 heavy (non-hydrogen) atoms. The minimum absolute atomic E-state index is 0.0434. The summed E-state index contributed by atoms with van der Waals surface area (Å²) < 4.78 is 53.5. The Morgan fingerprint density at radius 2 is 0.762 bits per heavy atom. The molecule has 5 aliphatic heterocycles. The number of carbonyl (C=O) groups excluding carboxylic acids is 4. The van der Waals surface area contributed by atoms with Gasteiger partial charge in [0.15, 0.2) is 31.5 Å². The van der Waals surface area contributed by atoms with Gasteiger partial charge in [-0.05, 0) is 32.1 Å². The summed E-state index contributed by atoms with van der Waals surface area (Å²) in [5.74, 6) is -2.70. The molecule has 0 bridgehead atoms. The van der Waals surface area contributed by atoms with Gasteiger partial charge >= 0.3 is 0 Å². The summed E-state index contributed by atoms with van der Waals surface area (Å²) in [5, 5.41) is 141. The monoisotopic (exact) mass is 1210 g/mol. The molecular formula is C54H95N5O25. The molecule has 30 nitrogen and oxygen atoms in total. The number of nitrogens with two attached hydrogens (primary N) is 1. The van der Waals surface area contributed by atoms with Crippen LogP contribution in [0.25, 0.3) is 0 Å². The number of hydrogen-bond acceptors (Lipinski definition) is 26. The van der Waals surface area contributed by atoms with Crippen molar-refractivity contribution in [3.8, 4) is 0 Å². The maximum atomic E-state index is 13.3. The molecular weight excluding hydrogens is 1120 g/mol. The van der Waals surface area contributed by atoms with Gasteiger partial charge in [-0.25, -0.2) is 0 Å². The lowest BCUT2D eigenvalue weighted by Gasteiger charge is -2.51. The van der Waals surface area contributed by atoms with Crippen LogP contribution in [0, 0.1) is 0 Å². The van der Waals surface area contributed by atoms with Crippen molar-refractivity contribution in [2.24, 2.45) is 5.73 Å². The molecule has 25 atom stereocenters. The predicted octanol–water partition coefficient (Wildman–Crippen LogP) is -5.37. The lowest BCUT2D eigenvalue weighted by Crippen LogP contribution is -2.71. The van der Waals surface area contributed by atoms with Crippen LogP contribution in [0.15, 0.2) is 12.2 Å². The summed E-state index contributed by atoms with van der Waals surface area (Å²) in [4.78, 5) is 50.4. The number of nitrogens with one attached hydrogen (secondary N) is 4. The number of unbranched alkanes of at least 4 members (excludes halogenated alkanes) is 11. The highest BCUT2D eigenvalue weighted by Gasteiger charge is 2.57. The van der Waals surface area contributed by atoms with Gasteiger partial charge in [-0.2, -0.15) is 0 Å². The van der Waals surface area contributed by atoms with Gasteiger partial charge in [0.05, 0.1) is 39.1 Å². The van der Waals surface area contributed by atoms with E-state index in [0.717, 1.165) is 72.1 Å². The van der Waals surface area contributed by atoms with E-state index in [1.54, 1.807) is 0 Å². The number of aliphatic hydroxyl groups excluding tert-OH is 12. The molecule has 18 N–H and O–H groups in total. The van der Waals surface area contributed by atoms with E-state index in [0.29, 0.717) is 6.42 Å². The molecule has 0 aliphatic carbocycles. The minimum atomic E-state index is -1.90. The summed E-state index contributed by atoms with van der Waals surface area (Å²) in [6.45, 7) is 1.02. The van der Waals surface area contributed by atoms with Gasteiger partial charge in [0.2, 0.25) is 23.6 Å². The zero-order valence-corrected chi connectivity index (χ0v) is 48.3. The summed E-state index contributed by atoms with van der Waals surface area (Å²) in [6, 6.07) is -7.88. The highest BCUT2D eigenvalue weighted by Crippen LogP contribution is 2.36. The van der Waals surface area contributed by atoms with E-state index >= 15 is 0 Å². The van der Waals surface area contributed by atoms with E-state index < -0.39 is 210 Å². The average molecular weight is 1210 g/mol. The van der Waals surface area contributed by atoms with E-state index in [1.165, 1.54) is 25.7 Å². The number of aliphatic hydroxyl groups is 12. The largest absolute Gasteiger partial charge is 0.394 e. The van der Waals surface area contributed by atoms with Crippen LogP contribution in [-0.2, 0) is 61.8 Å². The Labute approximate surface area is 488 Å². The van der Waals surface area contributed by atoms with Crippen LogP contribution in [0.1, 0.15) is 118 Å². The van der Waals surface area contributed by atoms with Crippen molar-refractivity contribution in [3.63, 3.8) is 0 Å². The van der Waals surface area contributed by atoms with Crippen LogP contribution in [0.4, 0.5) is 0 Å². The Morgan fingerprint density at radius 3 is 1.20 bits per heavy atom. The second kappa shape index (κ2) is 35.7. The molecule has 0 aromatic heterocycles. The summed E-state index contributed by atoms with van der Waals surface area (Å²) >= 11 is 0. The first-order valence-electron chi connectivity index (χ1n) is 29.4. The van der Waals surface area contributed by atoms with E-state index in [4.69, 9.17) is 48.4 Å². The standard InChI is InChI=1S/C54H95N5O25/c1-5-6-7-8-9-10-11-12-13-14-15-16-17-18-19-20-34(68)59-37-42(71)40(69)29(21-60)77-52(37)84-49-33(25-64)80-53(39(45(49)74)58-28(4)67)82-46-31(23-62)78-51(35(55)41(46)70)81-48-32(24-63)79-54(38(44(48)73)57-27(3)66)83-47-30(22-61)76-50(75)36(43(47)72)56-26(2)65/h10-11,29-33,35-54,60-64,69-75H,5-9,12-25,55H2,1-4H3,(H,56,65)(H,57,66)(H,58,67)(H,59,68)/b11-10-. The van der Waals surface area contributed by atoms with Gasteiger partial charge in [0.25, 0.3) is 0 Å². The molecule has 25 unspecified atom stereocenters. The van der Waals surface area contributed by atoms with Gasteiger partial charge < -0.3 is 131 Å². The Morgan fingerprint density at radius 1 is 0.417 bits per heavy atom. The number of ether oxygens (including phenoxy) is 9. The van der Waals surface area contributed by atoms with Crippen LogP contribution in [-0.4, -0.2) is 271 Å². The summed E-state index contributed by atoms with van der Waals surface area (Å²) in [6.07, 6.45) is -16.0. The van der Waals surface area contributed by atoms with Gasteiger partial charge in [0.1, 0.15) is 116 Å². The van der Waals surface area contributed by atoms with Crippen molar-refractivity contribution in [1.29, 1.82) is 0 Å². The zero-order chi connectivity index (χ0) is 61.8. The fraction of sp³-hybridized carbons (Fsp3) is 0.889. The Kier molecular flexibility index (Phi) is 30.4. The molecule has 486 valence electrons. The number of hydrogen-bond donors (Lipinski definition) is 17. The first-order valence-corrected chi connectivity index (χ1v) is 29.4. The first kappa shape index (κ1) is 71.5. The fourth-order valence-corrected chi connectivity index (χ4v) is 11.1. The molecule has 5 aliphatic rings. The topological polar surface area (TPSA) is 468 Å². The van der Waals surface area contributed by atoms with Gasteiger partial charge in [-0.15, -0.1) is 0 Å². The van der Waals surface area contributed by atoms with E-state index in [9.17, 15) is 80.5 Å². The first-order chi connectivity index (χ1) is 40.1. The van der Waals surface area contributed by atoms with Crippen molar-refractivity contribution in [3.05, 3.63) is 12.2 Å². The third-order valence-electron chi connectivity index (χ3n) is 15.6. The van der Waals surface area contributed by atoms with E-state index in [1.807, 2.05) is 0 Å². The summed E-state index contributed by atoms with van der Waals surface area (Å²) in [7, 11) is 0.